The number of nitrogens with zero attached hydrogens (tertiary/aromatic N) is 2. The molecule has 1 fully saturated rings. The Morgan fingerprint density at radius 2 is 1.73 bits per heavy atom. The highest BCUT2D eigenvalue weighted by molar-refractivity contribution is 8.03. The Morgan fingerprint density at radius 3 is 2.42 bits per heavy atom. The Balaban J connectivity index is 1.68. The number of urea groups is 1. The molecule has 26 heavy (non-hydrogen) atoms. The van der Waals surface area contributed by atoms with E-state index in [1.54, 1.807) is 41.3 Å². The number of carbonyl (C=O) groups excluding carboxylic acids is 2. The predicted octanol–water partition coefficient (Wildman–Crippen LogP) is 4.45. The number of anilines is 1. The van der Waals surface area contributed by atoms with Crippen molar-refractivity contribution in [1.82, 2.24) is 4.90 Å². The highest BCUT2D eigenvalue weighted by Gasteiger charge is 2.47. The molecule has 2 atom stereocenters. The minimum absolute atomic E-state index is 0.243. The second-order valence-corrected chi connectivity index (χ2v) is 7.55. The van der Waals surface area contributed by atoms with Crippen LogP contribution in [0.5, 0.6) is 0 Å². The SMILES string of the molecule is O=C1C2SC=CC2N(Cc2ccc(F)cc2)C(=O)N1c1ccc(Cl)cc1. The molecule has 0 aliphatic carbocycles. The molecular formula is C19H14ClFN2O2S. The molecular weight excluding hydrogens is 375 g/mol. The Bertz CT molecular complexity index is 885. The topological polar surface area (TPSA) is 40.6 Å². The van der Waals surface area contributed by atoms with Crippen molar-refractivity contribution in [3.05, 3.63) is 76.4 Å². The van der Waals surface area contributed by atoms with Crippen molar-refractivity contribution in [2.24, 2.45) is 0 Å². The Labute approximate surface area is 159 Å². The molecule has 2 aromatic rings. The van der Waals surface area contributed by atoms with Crippen LogP contribution in [-0.4, -0.2) is 28.1 Å². The van der Waals surface area contributed by atoms with Crippen LogP contribution in [0.2, 0.25) is 5.02 Å². The Morgan fingerprint density at radius 1 is 1.04 bits per heavy atom. The molecule has 2 unspecified atom stereocenters. The first-order chi connectivity index (χ1) is 12.5. The van der Waals surface area contributed by atoms with E-state index in [1.807, 2.05) is 11.5 Å². The van der Waals surface area contributed by atoms with E-state index in [9.17, 15) is 14.0 Å². The van der Waals surface area contributed by atoms with Crippen LogP contribution in [0.15, 0.2) is 60.0 Å². The maximum atomic E-state index is 13.2. The van der Waals surface area contributed by atoms with Gasteiger partial charge in [0, 0.05) is 11.6 Å². The molecule has 0 bridgehead atoms. The monoisotopic (exact) mass is 388 g/mol. The fourth-order valence-corrected chi connectivity index (χ4v) is 4.30. The first kappa shape index (κ1) is 17.1. The van der Waals surface area contributed by atoms with Crippen LogP contribution in [0, 0.1) is 5.82 Å². The molecule has 0 aromatic heterocycles. The number of hydrogen-bond acceptors (Lipinski definition) is 3. The van der Waals surface area contributed by atoms with Gasteiger partial charge in [0.25, 0.3) is 5.91 Å². The van der Waals surface area contributed by atoms with E-state index in [0.29, 0.717) is 17.3 Å². The zero-order chi connectivity index (χ0) is 18.3. The summed E-state index contributed by atoms with van der Waals surface area (Å²) in [5.74, 6) is -0.571. The normalized spacial score (nSPS) is 22.1. The lowest BCUT2D eigenvalue weighted by atomic mass is 10.1. The van der Waals surface area contributed by atoms with E-state index in [2.05, 4.69) is 0 Å². The van der Waals surface area contributed by atoms with Crippen molar-refractivity contribution in [3.8, 4) is 0 Å². The zero-order valence-electron chi connectivity index (χ0n) is 13.5. The van der Waals surface area contributed by atoms with Gasteiger partial charge in [0.1, 0.15) is 11.1 Å². The molecule has 2 heterocycles. The fraction of sp³-hybridized carbons (Fsp3) is 0.158. The van der Waals surface area contributed by atoms with Crippen LogP contribution in [0.1, 0.15) is 5.56 Å². The molecule has 3 amide bonds. The first-order valence-electron chi connectivity index (χ1n) is 8.01. The summed E-state index contributed by atoms with van der Waals surface area (Å²) in [4.78, 5) is 28.8. The minimum Gasteiger partial charge on any atom is -0.312 e. The predicted molar refractivity (Wildman–Crippen MR) is 101 cm³/mol. The lowest BCUT2D eigenvalue weighted by Crippen LogP contribution is -2.61. The van der Waals surface area contributed by atoms with Gasteiger partial charge < -0.3 is 4.90 Å². The standard InChI is InChI=1S/C19H14ClFN2O2S/c20-13-3-7-15(8-4-13)23-18(24)17-16(9-10-26-17)22(19(23)25)11-12-1-5-14(21)6-2-12/h1-10,16-17H,11H2. The maximum absolute atomic E-state index is 13.2. The van der Waals surface area contributed by atoms with Gasteiger partial charge in [0.15, 0.2) is 0 Å². The summed E-state index contributed by atoms with van der Waals surface area (Å²) in [6, 6.07) is 11.9. The van der Waals surface area contributed by atoms with Crippen molar-refractivity contribution >= 4 is 41.0 Å². The van der Waals surface area contributed by atoms with Crippen LogP contribution in [-0.2, 0) is 11.3 Å². The van der Waals surface area contributed by atoms with E-state index in [4.69, 9.17) is 11.6 Å². The number of hydrogen-bond donors (Lipinski definition) is 0. The van der Waals surface area contributed by atoms with Crippen molar-refractivity contribution in [1.29, 1.82) is 0 Å². The van der Waals surface area contributed by atoms with Crippen molar-refractivity contribution in [2.75, 3.05) is 4.90 Å². The van der Waals surface area contributed by atoms with Crippen LogP contribution >= 0.6 is 23.4 Å². The summed E-state index contributed by atoms with van der Waals surface area (Å²) in [5, 5.41) is 2.00. The highest BCUT2D eigenvalue weighted by atomic mass is 35.5. The van der Waals surface area contributed by atoms with E-state index in [-0.39, 0.29) is 23.0 Å². The molecule has 7 heteroatoms. The smallest absolute Gasteiger partial charge is 0.312 e. The van der Waals surface area contributed by atoms with E-state index < -0.39 is 6.03 Å². The zero-order valence-corrected chi connectivity index (χ0v) is 15.1. The Kier molecular flexibility index (Phi) is 4.46. The molecule has 0 radical (unpaired) electrons. The largest absolute Gasteiger partial charge is 0.332 e. The third-order valence-electron chi connectivity index (χ3n) is 4.42. The summed E-state index contributed by atoms with van der Waals surface area (Å²) in [6.45, 7) is 0.294. The number of amides is 3. The second-order valence-electron chi connectivity index (χ2n) is 6.06. The maximum Gasteiger partial charge on any atom is 0.332 e. The number of rotatable bonds is 3. The molecule has 0 spiro atoms. The van der Waals surface area contributed by atoms with Crippen molar-refractivity contribution in [2.45, 2.75) is 17.8 Å². The second kappa shape index (κ2) is 6.78. The van der Waals surface area contributed by atoms with Gasteiger partial charge in [-0.2, -0.15) is 0 Å². The lowest BCUT2D eigenvalue weighted by Gasteiger charge is -2.41. The van der Waals surface area contributed by atoms with E-state index in [0.717, 1.165) is 5.56 Å². The summed E-state index contributed by atoms with van der Waals surface area (Å²) in [5.41, 5.74) is 1.29. The number of halogens is 2. The third kappa shape index (κ3) is 2.99. The lowest BCUT2D eigenvalue weighted by molar-refractivity contribution is -0.119. The van der Waals surface area contributed by atoms with Crippen molar-refractivity contribution < 1.29 is 14.0 Å². The summed E-state index contributed by atoms with van der Waals surface area (Å²) >= 11 is 7.32. The number of thioether (sulfide) groups is 1. The first-order valence-corrected chi connectivity index (χ1v) is 9.33. The van der Waals surface area contributed by atoms with Gasteiger partial charge >= 0.3 is 6.03 Å². The Hall–Kier alpha value is -2.31. The van der Waals surface area contributed by atoms with Crippen LogP contribution in [0.4, 0.5) is 14.9 Å². The minimum atomic E-state index is -0.393. The van der Waals surface area contributed by atoms with Crippen LogP contribution < -0.4 is 4.90 Å². The van der Waals surface area contributed by atoms with E-state index in [1.165, 1.54) is 28.8 Å². The molecule has 2 aliphatic heterocycles. The fourth-order valence-electron chi connectivity index (χ4n) is 3.13. The molecule has 2 aliphatic rings. The number of benzene rings is 2. The molecule has 4 rings (SSSR count). The summed E-state index contributed by atoms with van der Waals surface area (Å²) < 4.78 is 13.2. The quantitative estimate of drug-likeness (QED) is 0.780. The summed E-state index contributed by atoms with van der Waals surface area (Å²) in [6.07, 6.45) is 1.87. The van der Waals surface area contributed by atoms with Gasteiger partial charge in [-0.1, -0.05) is 29.8 Å². The number of carbonyl (C=O) groups is 2. The molecule has 2 aromatic carbocycles. The van der Waals surface area contributed by atoms with Gasteiger partial charge in [-0.25, -0.2) is 14.1 Å². The average Bonchev–Trinajstić information content (AvgIpc) is 3.12. The van der Waals surface area contributed by atoms with Crippen LogP contribution in [0.3, 0.4) is 0 Å². The average molecular weight is 389 g/mol. The molecule has 0 N–H and O–H groups in total. The number of fused-ring (bicyclic) bond motifs is 1. The van der Waals surface area contributed by atoms with Gasteiger partial charge in [-0.05, 0) is 47.4 Å². The summed E-state index contributed by atoms with van der Waals surface area (Å²) in [7, 11) is 0. The van der Waals surface area contributed by atoms with Gasteiger partial charge in [0.2, 0.25) is 0 Å². The number of imide groups is 1. The van der Waals surface area contributed by atoms with Crippen LogP contribution in [0.25, 0.3) is 0 Å². The molecule has 132 valence electrons. The third-order valence-corrected chi connectivity index (χ3v) is 5.76. The molecule has 4 nitrogen and oxygen atoms in total. The molecule has 0 saturated carbocycles. The molecule has 1 saturated heterocycles. The van der Waals surface area contributed by atoms with Gasteiger partial charge in [-0.3, -0.25) is 4.79 Å². The van der Waals surface area contributed by atoms with Gasteiger partial charge in [0.05, 0.1) is 11.7 Å². The van der Waals surface area contributed by atoms with E-state index >= 15 is 0 Å². The van der Waals surface area contributed by atoms with Gasteiger partial charge in [-0.15, -0.1) is 11.8 Å². The highest BCUT2D eigenvalue weighted by Crippen LogP contribution is 2.37. The van der Waals surface area contributed by atoms with Crippen molar-refractivity contribution in [3.63, 3.8) is 0 Å².